The van der Waals surface area contributed by atoms with Crippen LogP contribution < -0.4 is 10.1 Å². The second kappa shape index (κ2) is 7.00. The number of aryl methyl sites for hydroxylation is 1. The predicted octanol–water partition coefficient (Wildman–Crippen LogP) is 3.54. The van der Waals surface area contributed by atoms with E-state index >= 15 is 0 Å². The molecule has 0 saturated carbocycles. The smallest absolute Gasteiger partial charge is 0.272 e. The zero-order chi connectivity index (χ0) is 20.9. The van der Waals surface area contributed by atoms with E-state index in [9.17, 15) is 4.79 Å². The standard InChI is InChI=1S/C23H27N5O2/c1-23(2)11-19(25-22(29)21-16-5-4-6-18(16)26-27-21)17-13-24-28(20(17)12-23)14-7-9-15(30-3)10-8-14/h7-10,13,19H,4-6,11-12H2,1-3H3,(H,25,29)(H,26,27). The summed E-state index contributed by atoms with van der Waals surface area (Å²) >= 11 is 0. The van der Waals surface area contributed by atoms with Gasteiger partial charge in [-0.3, -0.25) is 9.89 Å². The van der Waals surface area contributed by atoms with Crippen LogP contribution in [0.5, 0.6) is 5.75 Å². The van der Waals surface area contributed by atoms with Crippen LogP contribution in [0.1, 0.15) is 65.7 Å². The van der Waals surface area contributed by atoms with Gasteiger partial charge < -0.3 is 10.1 Å². The lowest BCUT2D eigenvalue weighted by atomic mass is 9.74. The highest BCUT2D eigenvalue weighted by atomic mass is 16.5. The number of ether oxygens (including phenoxy) is 1. The van der Waals surface area contributed by atoms with E-state index in [2.05, 4.69) is 34.5 Å². The van der Waals surface area contributed by atoms with Gasteiger partial charge in [0.1, 0.15) is 5.75 Å². The Morgan fingerprint density at radius 2 is 2.07 bits per heavy atom. The van der Waals surface area contributed by atoms with Crippen molar-refractivity contribution in [2.45, 2.75) is 52.0 Å². The summed E-state index contributed by atoms with van der Waals surface area (Å²) < 4.78 is 7.26. The van der Waals surface area contributed by atoms with Crippen LogP contribution in [0.15, 0.2) is 30.5 Å². The van der Waals surface area contributed by atoms with Crippen molar-refractivity contribution in [3.8, 4) is 11.4 Å². The topological polar surface area (TPSA) is 84.8 Å². The van der Waals surface area contributed by atoms with E-state index in [-0.39, 0.29) is 17.4 Å². The first-order valence-corrected chi connectivity index (χ1v) is 10.5. The molecule has 2 heterocycles. The van der Waals surface area contributed by atoms with Gasteiger partial charge >= 0.3 is 0 Å². The third kappa shape index (κ3) is 3.18. The molecule has 7 nitrogen and oxygen atoms in total. The van der Waals surface area contributed by atoms with Gasteiger partial charge in [0.25, 0.3) is 5.91 Å². The number of aromatic nitrogens is 4. The molecule has 3 aromatic rings. The van der Waals surface area contributed by atoms with E-state index in [1.165, 1.54) is 0 Å². The average molecular weight is 406 g/mol. The quantitative estimate of drug-likeness (QED) is 0.695. The first-order valence-electron chi connectivity index (χ1n) is 10.5. The van der Waals surface area contributed by atoms with Crippen molar-refractivity contribution in [2.24, 2.45) is 5.41 Å². The Balaban J connectivity index is 1.46. The molecule has 2 N–H and O–H groups in total. The molecule has 0 aliphatic heterocycles. The molecule has 5 rings (SSSR count). The van der Waals surface area contributed by atoms with Crippen LogP contribution in [0.2, 0.25) is 0 Å². The van der Waals surface area contributed by atoms with Gasteiger partial charge in [-0.25, -0.2) is 4.68 Å². The summed E-state index contributed by atoms with van der Waals surface area (Å²) in [6.45, 7) is 4.49. The first kappa shape index (κ1) is 18.9. The zero-order valence-corrected chi connectivity index (χ0v) is 17.7. The van der Waals surface area contributed by atoms with Crippen LogP contribution in [0.4, 0.5) is 0 Å². The van der Waals surface area contributed by atoms with E-state index in [0.29, 0.717) is 5.69 Å². The Labute approximate surface area is 175 Å². The summed E-state index contributed by atoms with van der Waals surface area (Å²) in [5.41, 5.74) is 6.01. The number of nitrogens with zero attached hydrogens (tertiary/aromatic N) is 3. The number of fused-ring (bicyclic) bond motifs is 2. The van der Waals surface area contributed by atoms with Gasteiger partial charge in [0.05, 0.1) is 30.7 Å². The van der Waals surface area contributed by atoms with Crippen molar-refractivity contribution in [1.82, 2.24) is 25.3 Å². The fourth-order valence-electron chi connectivity index (χ4n) is 4.85. The van der Waals surface area contributed by atoms with Crippen molar-refractivity contribution < 1.29 is 9.53 Å². The second-order valence-electron chi connectivity index (χ2n) is 9.11. The van der Waals surface area contributed by atoms with Gasteiger partial charge in [-0.2, -0.15) is 10.2 Å². The van der Waals surface area contributed by atoms with E-state index < -0.39 is 0 Å². The minimum absolute atomic E-state index is 0.0444. The van der Waals surface area contributed by atoms with Crippen LogP contribution in [-0.4, -0.2) is 33.0 Å². The number of rotatable bonds is 4. The number of hydrogen-bond acceptors (Lipinski definition) is 4. The molecule has 0 spiro atoms. The number of H-pyrrole nitrogens is 1. The van der Waals surface area contributed by atoms with E-state index in [4.69, 9.17) is 4.74 Å². The number of carbonyl (C=O) groups is 1. The molecule has 7 heteroatoms. The summed E-state index contributed by atoms with van der Waals surface area (Å²) in [4.78, 5) is 13.1. The molecule has 156 valence electrons. The molecular formula is C23H27N5O2. The van der Waals surface area contributed by atoms with Crippen molar-refractivity contribution in [2.75, 3.05) is 7.11 Å². The van der Waals surface area contributed by atoms with Gasteiger partial charge in [0, 0.05) is 16.8 Å². The number of benzene rings is 1. The maximum Gasteiger partial charge on any atom is 0.272 e. The summed E-state index contributed by atoms with van der Waals surface area (Å²) in [7, 11) is 1.66. The number of amides is 1. The van der Waals surface area contributed by atoms with Crippen LogP contribution in [0.25, 0.3) is 5.69 Å². The third-order valence-electron chi connectivity index (χ3n) is 6.32. The minimum Gasteiger partial charge on any atom is -0.497 e. The molecule has 0 saturated heterocycles. The molecule has 2 aliphatic carbocycles. The molecule has 1 amide bonds. The van der Waals surface area contributed by atoms with Gasteiger partial charge in [-0.1, -0.05) is 13.8 Å². The lowest BCUT2D eigenvalue weighted by molar-refractivity contribution is 0.0913. The molecule has 0 fully saturated rings. The number of hydrogen-bond donors (Lipinski definition) is 2. The Hall–Kier alpha value is -3.09. The molecule has 0 radical (unpaired) electrons. The molecule has 1 unspecified atom stereocenters. The number of methoxy groups -OCH3 is 1. The molecular weight excluding hydrogens is 378 g/mol. The van der Waals surface area contributed by atoms with Gasteiger partial charge in [0.15, 0.2) is 5.69 Å². The normalized spacial score (nSPS) is 19.2. The monoisotopic (exact) mass is 405 g/mol. The van der Waals surface area contributed by atoms with Gasteiger partial charge in [0.2, 0.25) is 0 Å². The molecule has 2 aliphatic rings. The van der Waals surface area contributed by atoms with Crippen molar-refractivity contribution in [3.63, 3.8) is 0 Å². The molecule has 1 aromatic carbocycles. The van der Waals surface area contributed by atoms with Crippen LogP contribution >= 0.6 is 0 Å². The Bertz CT molecular complexity index is 1090. The Morgan fingerprint density at radius 1 is 1.27 bits per heavy atom. The fourth-order valence-corrected chi connectivity index (χ4v) is 4.85. The largest absolute Gasteiger partial charge is 0.497 e. The first-order chi connectivity index (χ1) is 14.4. The number of carbonyl (C=O) groups excluding carboxylic acids is 1. The SMILES string of the molecule is COc1ccc(-n2ncc3c2CC(C)(C)CC3NC(=O)c2n[nH]c3c2CCC3)cc1. The third-order valence-corrected chi connectivity index (χ3v) is 6.32. The summed E-state index contributed by atoms with van der Waals surface area (Å²) in [5.74, 6) is 0.719. The summed E-state index contributed by atoms with van der Waals surface area (Å²) in [6, 6.07) is 7.81. The molecule has 0 bridgehead atoms. The lowest BCUT2D eigenvalue weighted by Gasteiger charge is -2.35. The highest BCUT2D eigenvalue weighted by molar-refractivity contribution is 5.94. The maximum atomic E-state index is 13.1. The molecule has 30 heavy (non-hydrogen) atoms. The molecule has 1 atom stereocenters. The minimum atomic E-state index is -0.0970. The average Bonchev–Trinajstić information content (AvgIpc) is 3.42. The highest BCUT2D eigenvalue weighted by Gasteiger charge is 2.37. The summed E-state index contributed by atoms with van der Waals surface area (Å²) in [5, 5.41) is 15.3. The van der Waals surface area contributed by atoms with Crippen molar-refractivity contribution >= 4 is 5.91 Å². The second-order valence-corrected chi connectivity index (χ2v) is 9.11. The summed E-state index contributed by atoms with van der Waals surface area (Å²) in [6.07, 6.45) is 6.65. The molecule has 2 aromatic heterocycles. The van der Waals surface area contributed by atoms with Crippen LogP contribution in [0.3, 0.4) is 0 Å². The highest BCUT2D eigenvalue weighted by Crippen LogP contribution is 2.41. The Morgan fingerprint density at radius 3 is 2.83 bits per heavy atom. The Kier molecular flexibility index (Phi) is 4.41. The van der Waals surface area contributed by atoms with Gasteiger partial charge in [-0.15, -0.1) is 0 Å². The van der Waals surface area contributed by atoms with Crippen LogP contribution in [-0.2, 0) is 19.3 Å². The lowest BCUT2D eigenvalue weighted by Crippen LogP contribution is -2.37. The fraction of sp³-hybridized carbons (Fsp3) is 0.435. The number of nitrogens with one attached hydrogen (secondary N) is 2. The van der Waals surface area contributed by atoms with Crippen molar-refractivity contribution in [3.05, 3.63) is 58.7 Å². The van der Waals surface area contributed by atoms with Gasteiger partial charge in [-0.05, 0) is 61.8 Å². The number of aromatic amines is 1. The van der Waals surface area contributed by atoms with Crippen molar-refractivity contribution in [1.29, 1.82) is 0 Å². The van der Waals surface area contributed by atoms with E-state index in [1.54, 1.807) is 7.11 Å². The van der Waals surface area contributed by atoms with E-state index in [0.717, 1.165) is 66.1 Å². The predicted molar refractivity (Wildman–Crippen MR) is 113 cm³/mol. The maximum absolute atomic E-state index is 13.1. The zero-order valence-electron chi connectivity index (χ0n) is 17.7. The van der Waals surface area contributed by atoms with E-state index in [1.807, 2.05) is 35.1 Å². The van der Waals surface area contributed by atoms with Crippen LogP contribution in [0, 0.1) is 5.41 Å².